The number of rotatable bonds is 1. The molecule has 54 valence electrons. The number of hydrogen-bond donors (Lipinski definition) is 0. The fourth-order valence-electron chi connectivity index (χ4n) is 0.542. The van der Waals surface area contributed by atoms with E-state index < -0.39 is 0 Å². The molecule has 9 heavy (non-hydrogen) atoms. The lowest BCUT2D eigenvalue weighted by Gasteiger charge is -2.17. The van der Waals surface area contributed by atoms with Crippen LogP contribution in [0.15, 0.2) is 11.0 Å². The zero-order valence-corrected chi connectivity index (χ0v) is 7.80. The van der Waals surface area contributed by atoms with Gasteiger partial charge in [-0.3, -0.25) is 0 Å². The Morgan fingerprint density at radius 2 is 1.78 bits per heavy atom. The molecule has 0 spiro atoms. The van der Waals surface area contributed by atoms with Crippen LogP contribution in [0.2, 0.25) is 0 Å². The Bertz CT molecular complexity index is 106. The Hall–Kier alpha value is 0.0900. The second kappa shape index (κ2) is 3.31. The summed E-state index contributed by atoms with van der Waals surface area (Å²) in [6.07, 6.45) is 2.15. The Kier molecular flexibility index (Phi) is 3.34. The Balaban J connectivity index is 3.75. The highest BCUT2D eigenvalue weighted by molar-refractivity contribution is 8.04. The molecule has 0 atom stereocenters. The van der Waals surface area contributed by atoms with Gasteiger partial charge in [0.2, 0.25) is 0 Å². The first-order valence-corrected chi connectivity index (χ1v) is 4.09. The standard InChI is InChI=1S/C8H16S/c1-6-7(2)9-8(3,4)5/h6H,1-5H3. The predicted octanol–water partition coefficient (Wildman–Crippen LogP) is 3.44. The molecule has 0 aromatic rings. The summed E-state index contributed by atoms with van der Waals surface area (Å²) in [5.74, 6) is 0. The first-order chi connectivity index (χ1) is 3.95. The van der Waals surface area contributed by atoms with E-state index in [1.807, 2.05) is 11.8 Å². The summed E-state index contributed by atoms with van der Waals surface area (Å²) in [7, 11) is 0. The Morgan fingerprint density at radius 1 is 1.33 bits per heavy atom. The van der Waals surface area contributed by atoms with Crippen LogP contribution in [0.4, 0.5) is 0 Å². The smallest absolute Gasteiger partial charge is 0.0119 e. The molecule has 0 saturated carbocycles. The molecule has 0 aromatic heterocycles. The van der Waals surface area contributed by atoms with E-state index in [-0.39, 0.29) is 0 Å². The SMILES string of the molecule is CC=C(C)SC(C)(C)C. The van der Waals surface area contributed by atoms with Crippen molar-refractivity contribution in [3.63, 3.8) is 0 Å². The highest BCUT2D eigenvalue weighted by atomic mass is 32.2. The summed E-state index contributed by atoms with van der Waals surface area (Å²) in [4.78, 5) is 1.41. The van der Waals surface area contributed by atoms with Gasteiger partial charge in [0.1, 0.15) is 0 Å². The minimum absolute atomic E-state index is 0.372. The minimum Gasteiger partial charge on any atom is -0.125 e. The molecule has 0 radical (unpaired) electrons. The molecule has 0 aliphatic rings. The first kappa shape index (κ1) is 9.09. The Morgan fingerprint density at radius 3 is 1.89 bits per heavy atom. The van der Waals surface area contributed by atoms with Crippen LogP contribution < -0.4 is 0 Å². The normalized spacial score (nSPS) is 14.1. The molecule has 0 bridgehead atoms. The van der Waals surface area contributed by atoms with E-state index in [4.69, 9.17) is 0 Å². The van der Waals surface area contributed by atoms with Crippen LogP contribution in [0.3, 0.4) is 0 Å². The maximum absolute atomic E-state index is 2.23. The summed E-state index contributed by atoms with van der Waals surface area (Å²) in [5, 5.41) is 0. The molecular weight excluding hydrogens is 128 g/mol. The fraction of sp³-hybridized carbons (Fsp3) is 0.750. The van der Waals surface area contributed by atoms with E-state index in [1.165, 1.54) is 4.91 Å². The molecule has 0 nitrogen and oxygen atoms in total. The minimum atomic E-state index is 0.372. The van der Waals surface area contributed by atoms with Crippen molar-refractivity contribution >= 4 is 11.8 Å². The lowest BCUT2D eigenvalue weighted by Crippen LogP contribution is -2.06. The molecule has 0 aromatic carbocycles. The van der Waals surface area contributed by atoms with E-state index in [1.54, 1.807) is 0 Å². The van der Waals surface area contributed by atoms with Crippen molar-refractivity contribution in [3.05, 3.63) is 11.0 Å². The topological polar surface area (TPSA) is 0 Å². The zero-order valence-electron chi connectivity index (χ0n) is 6.99. The molecule has 0 amide bonds. The molecule has 0 aliphatic carbocycles. The maximum atomic E-state index is 2.23. The lowest BCUT2D eigenvalue weighted by molar-refractivity contribution is 0.806. The zero-order chi connectivity index (χ0) is 7.49. The highest BCUT2D eigenvalue weighted by Crippen LogP contribution is 2.29. The van der Waals surface area contributed by atoms with E-state index in [2.05, 4.69) is 40.7 Å². The molecule has 0 aliphatic heterocycles. The van der Waals surface area contributed by atoms with Crippen LogP contribution in [0.1, 0.15) is 34.6 Å². The molecule has 0 saturated heterocycles. The van der Waals surface area contributed by atoms with Crippen molar-refractivity contribution in [3.8, 4) is 0 Å². The summed E-state index contributed by atoms with van der Waals surface area (Å²) in [6.45, 7) is 10.9. The van der Waals surface area contributed by atoms with Crippen LogP contribution in [0.5, 0.6) is 0 Å². The third-order valence-electron chi connectivity index (χ3n) is 0.874. The van der Waals surface area contributed by atoms with Crippen LogP contribution in [-0.2, 0) is 0 Å². The Labute approximate surface area is 62.7 Å². The average Bonchev–Trinajstić information content (AvgIpc) is 1.62. The predicted molar refractivity (Wildman–Crippen MR) is 46.8 cm³/mol. The van der Waals surface area contributed by atoms with Crippen molar-refractivity contribution < 1.29 is 0 Å². The molecule has 0 unspecified atom stereocenters. The van der Waals surface area contributed by atoms with Crippen LogP contribution in [0, 0.1) is 0 Å². The molecule has 1 heteroatoms. The van der Waals surface area contributed by atoms with Crippen molar-refractivity contribution in [1.29, 1.82) is 0 Å². The van der Waals surface area contributed by atoms with Crippen LogP contribution >= 0.6 is 11.8 Å². The van der Waals surface area contributed by atoms with Gasteiger partial charge in [0, 0.05) is 4.75 Å². The van der Waals surface area contributed by atoms with Crippen LogP contribution in [-0.4, -0.2) is 4.75 Å². The molecule has 0 fully saturated rings. The van der Waals surface area contributed by atoms with Gasteiger partial charge in [-0.25, -0.2) is 0 Å². The fourth-order valence-corrected chi connectivity index (χ4v) is 1.63. The number of allylic oxidation sites excluding steroid dienone is 2. The summed E-state index contributed by atoms with van der Waals surface area (Å²) in [6, 6.07) is 0. The number of thioether (sulfide) groups is 1. The monoisotopic (exact) mass is 144 g/mol. The largest absolute Gasteiger partial charge is 0.125 e. The van der Waals surface area contributed by atoms with E-state index >= 15 is 0 Å². The summed E-state index contributed by atoms with van der Waals surface area (Å²) >= 11 is 1.92. The van der Waals surface area contributed by atoms with Gasteiger partial charge in [-0.1, -0.05) is 26.8 Å². The summed E-state index contributed by atoms with van der Waals surface area (Å²) in [5.41, 5.74) is 0. The molecule has 0 N–H and O–H groups in total. The second-order valence-corrected chi connectivity index (χ2v) is 5.19. The first-order valence-electron chi connectivity index (χ1n) is 3.27. The summed E-state index contributed by atoms with van der Waals surface area (Å²) < 4.78 is 0.372. The van der Waals surface area contributed by atoms with Gasteiger partial charge >= 0.3 is 0 Å². The molecule has 0 rings (SSSR count). The average molecular weight is 144 g/mol. The van der Waals surface area contributed by atoms with E-state index in [0.29, 0.717) is 4.75 Å². The van der Waals surface area contributed by atoms with Gasteiger partial charge in [0.25, 0.3) is 0 Å². The molecule has 0 heterocycles. The lowest BCUT2D eigenvalue weighted by atomic mass is 10.3. The quantitative estimate of drug-likeness (QED) is 0.543. The highest BCUT2D eigenvalue weighted by Gasteiger charge is 2.09. The van der Waals surface area contributed by atoms with Crippen LogP contribution in [0.25, 0.3) is 0 Å². The second-order valence-electron chi connectivity index (χ2n) is 3.11. The van der Waals surface area contributed by atoms with Gasteiger partial charge in [0.05, 0.1) is 0 Å². The van der Waals surface area contributed by atoms with Gasteiger partial charge < -0.3 is 0 Å². The maximum Gasteiger partial charge on any atom is 0.0119 e. The number of hydrogen-bond acceptors (Lipinski definition) is 1. The van der Waals surface area contributed by atoms with E-state index in [9.17, 15) is 0 Å². The van der Waals surface area contributed by atoms with Crippen molar-refractivity contribution in [2.45, 2.75) is 39.4 Å². The van der Waals surface area contributed by atoms with Gasteiger partial charge in [-0.15, -0.1) is 11.8 Å². The third-order valence-corrected chi connectivity index (χ3v) is 2.04. The van der Waals surface area contributed by atoms with Gasteiger partial charge in [-0.2, -0.15) is 0 Å². The van der Waals surface area contributed by atoms with E-state index in [0.717, 1.165) is 0 Å². The third kappa shape index (κ3) is 5.97. The van der Waals surface area contributed by atoms with Crippen molar-refractivity contribution in [2.24, 2.45) is 0 Å². The van der Waals surface area contributed by atoms with Crippen molar-refractivity contribution in [2.75, 3.05) is 0 Å². The van der Waals surface area contributed by atoms with Gasteiger partial charge in [0.15, 0.2) is 0 Å². The van der Waals surface area contributed by atoms with Gasteiger partial charge in [-0.05, 0) is 18.8 Å². The van der Waals surface area contributed by atoms with Crippen molar-refractivity contribution in [1.82, 2.24) is 0 Å². The molecular formula is C8H16S.